The fraction of sp³-hybridized carbons (Fsp3) is 0.214. The van der Waals surface area contributed by atoms with Crippen LogP contribution in [0.1, 0.15) is 28.9 Å². The molecular weight excluding hydrogens is 470 g/mol. The number of nitrogens with two attached hydrogens (primary N) is 1. The molecule has 0 unspecified atom stereocenters. The van der Waals surface area contributed by atoms with Crippen molar-refractivity contribution < 1.29 is 18.7 Å². The van der Waals surface area contributed by atoms with Crippen LogP contribution in [0.4, 0.5) is 5.82 Å². The Bertz CT molecular complexity index is 1500. The monoisotopic (exact) mass is 497 g/mol. The van der Waals surface area contributed by atoms with Crippen LogP contribution in [0.3, 0.4) is 0 Å². The molecule has 4 aromatic rings. The largest absolute Gasteiger partial charge is 0.459 e. The maximum atomic E-state index is 12.9. The van der Waals surface area contributed by atoms with Gasteiger partial charge in [0.1, 0.15) is 28.7 Å². The summed E-state index contributed by atoms with van der Waals surface area (Å²) >= 11 is 0. The molecule has 0 bridgehead atoms. The quantitative estimate of drug-likeness (QED) is 0.383. The Kier molecular flexibility index (Phi) is 6.70. The average molecular weight is 498 g/mol. The molecule has 1 aromatic carbocycles. The summed E-state index contributed by atoms with van der Waals surface area (Å²) in [5.74, 6) is 2.08. The van der Waals surface area contributed by atoms with E-state index in [1.165, 1.54) is 6.08 Å². The molecule has 1 atom stereocenters. The summed E-state index contributed by atoms with van der Waals surface area (Å²) in [4.78, 5) is 34.8. The smallest absolute Gasteiger partial charge is 0.246 e. The van der Waals surface area contributed by atoms with Crippen LogP contribution in [0.5, 0.6) is 11.5 Å². The van der Waals surface area contributed by atoms with Crippen LogP contribution in [-0.2, 0) is 22.6 Å². The van der Waals surface area contributed by atoms with Crippen LogP contribution in [0.15, 0.2) is 65.5 Å². The number of aromatic nitrogens is 2. The predicted molar refractivity (Wildman–Crippen MR) is 140 cm³/mol. The minimum atomic E-state index is -0.553. The van der Waals surface area contributed by atoms with Crippen LogP contribution in [0.25, 0.3) is 17.0 Å². The van der Waals surface area contributed by atoms with Crippen LogP contribution in [0, 0.1) is 6.92 Å². The maximum Gasteiger partial charge on any atom is 0.246 e. The van der Waals surface area contributed by atoms with Crippen molar-refractivity contribution in [1.82, 2.24) is 14.9 Å². The molecule has 2 amide bonds. The van der Waals surface area contributed by atoms with E-state index in [0.717, 1.165) is 22.1 Å². The summed E-state index contributed by atoms with van der Waals surface area (Å²) in [6.45, 7) is 2.25. The number of fused-ring (bicyclic) bond motifs is 2. The molecule has 5 rings (SSSR count). The number of carbonyl (C=O) groups is 2. The van der Waals surface area contributed by atoms with E-state index in [-0.39, 0.29) is 11.8 Å². The zero-order chi connectivity index (χ0) is 25.9. The van der Waals surface area contributed by atoms with Gasteiger partial charge in [-0.3, -0.25) is 14.6 Å². The fourth-order valence-electron chi connectivity index (χ4n) is 4.25. The summed E-state index contributed by atoms with van der Waals surface area (Å²) in [5, 5.41) is 3.61. The van der Waals surface area contributed by atoms with Crippen molar-refractivity contribution in [3.05, 3.63) is 83.5 Å². The van der Waals surface area contributed by atoms with Crippen molar-refractivity contribution in [3.8, 4) is 11.5 Å². The molecular formula is C28H27N5O4. The van der Waals surface area contributed by atoms with Gasteiger partial charge in [0.15, 0.2) is 0 Å². The molecule has 9 nitrogen and oxygen atoms in total. The molecule has 188 valence electrons. The van der Waals surface area contributed by atoms with E-state index in [0.29, 0.717) is 48.0 Å². The lowest BCUT2D eigenvalue weighted by Crippen LogP contribution is -2.34. The lowest BCUT2D eigenvalue weighted by molar-refractivity contribution is -0.125. The average Bonchev–Trinajstić information content (AvgIpc) is 3.14. The number of likely N-dealkylation sites (N-methyl/N-ethyl adjacent to an activating group) is 1. The summed E-state index contributed by atoms with van der Waals surface area (Å²) in [6, 6.07) is 10.6. The number of hydrogen-bond donors (Lipinski definition) is 2. The van der Waals surface area contributed by atoms with Crippen molar-refractivity contribution >= 4 is 34.7 Å². The lowest BCUT2D eigenvalue weighted by atomic mass is 10.1. The number of anilines is 1. The molecule has 4 heterocycles. The number of amides is 2. The van der Waals surface area contributed by atoms with Gasteiger partial charge in [-0.25, -0.2) is 4.98 Å². The zero-order valence-electron chi connectivity index (χ0n) is 20.6. The molecule has 9 heteroatoms. The van der Waals surface area contributed by atoms with E-state index in [1.54, 1.807) is 36.6 Å². The number of nitrogens with zero attached hydrogens (tertiary/aromatic N) is 3. The SMILES string of the molecule is Cc1c(CN(C)C(=O)/C=C/c2cnc3c(c2)CC[C@H](N)C(=O)N3)oc2cccc(Oc3cccnc3)c12. The van der Waals surface area contributed by atoms with E-state index in [4.69, 9.17) is 14.9 Å². The van der Waals surface area contributed by atoms with Gasteiger partial charge in [-0.1, -0.05) is 6.07 Å². The van der Waals surface area contributed by atoms with E-state index in [9.17, 15) is 9.59 Å². The second-order valence-corrected chi connectivity index (χ2v) is 9.01. The minimum Gasteiger partial charge on any atom is -0.459 e. The lowest BCUT2D eigenvalue weighted by Gasteiger charge is -2.14. The number of benzene rings is 1. The first-order chi connectivity index (χ1) is 17.9. The number of nitrogens with one attached hydrogen (secondary N) is 1. The Balaban J connectivity index is 1.30. The van der Waals surface area contributed by atoms with E-state index < -0.39 is 6.04 Å². The van der Waals surface area contributed by atoms with Crippen LogP contribution in [-0.4, -0.2) is 39.8 Å². The molecule has 37 heavy (non-hydrogen) atoms. The third kappa shape index (κ3) is 5.22. The highest BCUT2D eigenvalue weighted by Gasteiger charge is 2.21. The third-order valence-electron chi connectivity index (χ3n) is 6.34. The number of hydrogen-bond acceptors (Lipinski definition) is 7. The first-order valence-corrected chi connectivity index (χ1v) is 12.0. The number of aryl methyl sites for hydroxylation is 2. The van der Waals surface area contributed by atoms with Gasteiger partial charge < -0.3 is 25.1 Å². The Morgan fingerprint density at radius 2 is 2.16 bits per heavy atom. The van der Waals surface area contributed by atoms with Crippen LogP contribution >= 0.6 is 0 Å². The van der Waals surface area contributed by atoms with E-state index >= 15 is 0 Å². The molecule has 0 saturated heterocycles. The number of carbonyl (C=O) groups excluding carboxylic acids is 2. The van der Waals surface area contributed by atoms with Gasteiger partial charge >= 0.3 is 0 Å². The Morgan fingerprint density at radius 1 is 1.30 bits per heavy atom. The Labute approximate surface area is 214 Å². The minimum absolute atomic E-state index is 0.183. The van der Waals surface area contributed by atoms with Crippen molar-refractivity contribution in [2.24, 2.45) is 5.73 Å². The molecule has 1 aliphatic rings. The van der Waals surface area contributed by atoms with Gasteiger partial charge in [-0.2, -0.15) is 0 Å². The maximum absolute atomic E-state index is 12.9. The number of rotatable bonds is 6. The summed E-state index contributed by atoms with van der Waals surface area (Å²) in [5.41, 5.74) is 9.11. The van der Waals surface area contributed by atoms with Crippen molar-refractivity contribution in [2.75, 3.05) is 12.4 Å². The van der Waals surface area contributed by atoms with Crippen molar-refractivity contribution in [1.29, 1.82) is 0 Å². The highest BCUT2D eigenvalue weighted by molar-refractivity contribution is 5.95. The molecule has 3 aromatic heterocycles. The first kappa shape index (κ1) is 24.2. The zero-order valence-corrected chi connectivity index (χ0v) is 20.6. The molecule has 0 radical (unpaired) electrons. The summed E-state index contributed by atoms with van der Waals surface area (Å²) < 4.78 is 12.1. The fourth-order valence-corrected chi connectivity index (χ4v) is 4.25. The number of ether oxygens (including phenoxy) is 1. The van der Waals surface area contributed by atoms with Gasteiger partial charge in [0.05, 0.1) is 24.2 Å². The Morgan fingerprint density at radius 3 is 2.97 bits per heavy atom. The van der Waals surface area contributed by atoms with Crippen LogP contribution in [0.2, 0.25) is 0 Å². The van der Waals surface area contributed by atoms with Gasteiger partial charge in [-0.15, -0.1) is 0 Å². The van der Waals surface area contributed by atoms with Crippen molar-refractivity contribution in [2.45, 2.75) is 32.4 Å². The normalized spacial score (nSPS) is 15.3. The number of furan rings is 1. The Hall–Kier alpha value is -4.50. The van der Waals surface area contributed by atoms with Crippen molar-refractivity contribution in [3.63, 3.8) is 0 Å². The highest BCUT2D eigenvalue weighted by Crippen LogP contribution is 2.36. The molecule has 0 fully saturated rings. The van der Waals surface area contributed by atoms with E-state index in [2.05, 4.69) is 15.3 Å². The molecule has 0 spiro atoms. The molecule has 1 aliphatic heterocycles. The second-order valence-electron chi connectivity index (χ2n) is 9.01. The van der Waals surface area contributed by atoms with Gasteiger partial charge in [0.25, 0.3) is 0 Å². The van der Waals surface area contributed by atoms with E-state index in [1.807, 2.05) is 43.3 Å². The highest BCUT2D eigenvalue weighted by atomic mass is 16.5. The molecule has 0 aliphatic carbocycles. The molecule has 0 saturated carbocycles. The standard InChI is InChI=1S/C28H27N5O4/c1-17-24(37-23-7-3-6-22(26(17)23)36-20-5-4-12-30-15-20)16-33(2)25(34)11-8-18-13-19-9-10-21(29)28(35)32-27(19)31-14-18/h3-8,11-15,21H,9-10,16,29H2,1-2H3,(H,31,32,35)/b11-8+/t21-/m0/s1. The van der Waals surface area contributed by atoms with Gasteiger partial charge in [0.2, 0.25) is 11.8 Å². The second kappa shape index (κ2) is 10.2. The summed E-state index contributed by atoms with van der Waals surface area (Å²) in [7, 11) is 1.72. The predicted octanol–water partition coefficient (Wildman–Crippen LogP) is 4.21. The summed E-state index contributed by atoms with van der Waals surface area (Å²) in [6.07, 6.45) is 9.35. The topological polar surface area (TPSA) is 124 Å². The third-order valence-corrected chi connectivity index (χ3v) is 6.34. The molecule has 3 N–H and O–H groups in total. The first-order valence-electron chi connectivity index (χ1n) is 12.0. The van der Waals surface area contributed by atoms with Gasteiger partial charge in [-0.05, 0) is 67.3 Å². The van der Waals surface area contributed by atoms with Gasteiger partial charge in [0, 0.05) is 31.1 Å². The van der Waals surface area contributed by atoms with Crippen LogP contribution < -0.4 is 15.8 Å². The number of pyridine rings is 2.